The topological polar surface area (TPSA) is 23.6 Å². The van der Waals surface area contributed by atoms with Crippen molar-refractivity contribution in [3.8, 4) is 0 Å². The molecular weight excluding hydrogens is 392 g/mol. The van der Waals surface area contributed by atoms with Crippen molar-refractivity contribution in [3.63, 3.8) is 0 Å². The Morgan fingerprint density at radius 2 is 1.28 bits per heavy atom. The van der Waals surface area contributed by atoms with Crippen molar-refractivity contribution in [1.29, 1.82) is 0 Å². The van der Waals surface area contributed by atoms with Crippen LogP contribution in [-0.4, -0.2) is 48.4 Å². The van der Waals surface area contributed by atoms with E-state index in [9.17, 15) is 4.79 Å². The van der Waals surface area contributed by atoms with Crippen molar-refractivity contribution in [2.24, 2.45) is 5.92 Å². The molecule has 0 N–H and O–H groups in total. The fourth-order valence-electron chi connectivity index (χ4n) is 5.57. The molecule has 2 fully saturated rings. The second kappa shape index (κ2) is 9.70. The molecule has 2 heterocycles. The average Bonchev–Trinajstić information content (AvgIpc) is 3.29. The Labute approximate surface area is 191 Å². The van der Waals surface area contributed by atoms with Crippen molar-refractivity contribution in [3.05, 3.63) is 108 Å². The first-order valence-electron chi connectivity index (χ1n) is 11.9. The van der Waals surface area contributed by atoms with Crippen molar-refractivity contribution in [1.82, 2.24) is 9.80 Å². The summed E-state index contributed by atoms with van der Waals surface area (Å²) < 4.78 is 0. The van der Waals surface area contributed by atoms with E-state index in [2.05, 4.69) is 70.5 Å². The summed E-state index contributed by atoms with van der Waals surface area (Å²) in [4.78, 5) is 17.9. The van der Waals surface area contributed by atoms with Crippen molar-refractivity contribution in [2.45, 2.75) is 24.7 Å². The van der Waals surface area contributed by atoms with E-state index >= 15 is 0 Å². The molecule has 3 nitrogen and oxygen atoms in total. The van der Waals surface area contributed by atoms with Gasteiger partial charge in [-0.05, 0) is 61.0 Å². The molecule has 5 rings (SSSR count). The van der Waals surface area contributed by atoms with Crippen LogP contribution >= 0.6 is 0 Å². The van der Waals surface area contributed by atoms with E-state index in [0.717, 1.165) is 38.3 Å². The highest BCUT2D eigenvalue weighted by molar-refractivity contribution is 5.94. The number of nitrogens with zero attached hydrogens (tertiary/aromatic N) is 2. The number of rotatable bonds is 5. The standard InChI is InChI=1S/C29H32N2O/c32-29(26-14-8-3-9-15-26)31-21-27(28(22-31)25-12-6-2-7-13-25)20-30-18-16-24(17-19-30)23-10-4-1-5-11-23/h1-15,24,27-28H,16-22H2/t27-,28-/m1/s1. The third-order valence-corrected chi connectivity index (χ3v) is 7.33. The molecule has 164 valence electrons. The number of hydrogen-bond acceptors (Lipinski definition) is 2. The number of carbonyl (C=O) groups excluding carboxylic acids is 1. The molecule has 3 aromatic rings. The fraction of sp³-hybridized carbons (Fsp3) is 0.345. The first-order valence-corrected chi connectivity index (χ1v) is 11.9. The van der Waals surface area contributed by atoms with Gasteiger partial charge in [0.05, 0.1) is 0 Å². The quantitative estimate of drug-likeness (QED) is 0.546. The lowest BCUT2D eigenvalue weighted by molar-refractivity contribution is 0.0781. The molecule has 0 saturated carbocycles. The summed E-state index contributed by atoms with van der Waals surface area (Å²) in [5.41, 5.74) is 3.64. The van der Waals surface area contributed by atoms with Gasteiger partial charge in [0, 0.05) is 31.1 Å². The van der Waals surface area contributed by atoms with E-state index in [0.29, 0.717) is 17.8 Å². The molecule has 2 atom stereocenters. The molecule has 0 unspecified atom stereocenters. The van der Waals surface area contributed by atoms with Gasteiger partial charge in [0.1, 0.15) is 0 Å². The Hall–Kier alpha value is -2.91. The zero-order valence-corrected chi connectivity index (χ0v) is 18.6. The molecule has 2 saturated heterocycles. The maximum Gasteiger partial charge on any atom is 0.253 e. The van der Waals surface area contributed by atoms with Crippen LogP contribution in [0.15, 0.2) is 91.0 Å². The normalized spacial score (nSPS) is 22.2. The second-order valence-electron chi connectivity index (χ2n) is 9.34. The Kier molecular flexibility index (Phi) is 6.36. The van der Waals surface area contributed by atoms with Crippen LogP contribution in [0.1, 0.15) is 46.2 Å². The van der Waals surface area contributed by atoms with Gasteiger partial charge in [-0.15, -0.1) is 0 Å². The summed E-state index contributed by atoms with van der Waals surface area (Å²) >= 11 is 0. The summed E-state index contributed by atoms with van der Waals surface area (Å²) in [6, 6.07) is 31.5. The van der Waals surface area contributed by atoms with Crippen LogP contribution in [0.5, 0.6) is 0 Å². The van der Waals surface area contributed by atoms with Crippen molar-refractivity contribution in [2.75, 3.05) is 32.7 Å². The van der Waals surface area contributed by atoms with Crippen LogP contribution in [0.25, 0.3) is 0 Å². The van der Waals surface area contributed by atoms with Crippen LogP contribution in [0, 0.1) is 5.92 Å². The van der Waals surface area contributed by atoms with Gasteiger partial charge >= 0.3 is 0 Å². The van der Waals surface area contributed by atoms with E-state index < -0.39 is 0 Å². The van der Waals surface area contributed by atoms with E-state index in [1.807, 2.05) is 30.3 Å². The van der Waals surface area contributed by atoms with Crippen LogP contribution < -0.4 is 0 Å². The molecule has 0 radical (unpaired) electrons. The highest BCUT2D eigenvalue weighted by atomic mass is 16.2. The van der Waals surface area contributed by atoms with Gasteiger partial charge in [0.25, 0.3) is 5.91 Å². The Balaban J connectivity index is 1.27. The Morgan fingerprint density at radius 3 is 1.91 bits per heavy atom. The van der Waals surface area contributed by atoms with Gasteiger partial charge < -0.3 is 9.80 Å². The zero-order valence-electron chi connectivity index (χ0n) is 18.6. The lowest BCUT2D eigenvalue weighted by Gasteiger charge is -2.34. The number of benzene rings is 3. The van der Waals surface area contributed by atoms with Gasteiger partial charge in [-0.2, -0.15) is 0 Å². The smallest absolute Gasteiger partial charge is 0.253 e. The minimum atomic E-state index is 0.164. The summed E-state index contributed by atoms with van der Waals surface area (Å²) in [6.07, 6.45) is 2.44. The van der Waals surface area contributed by atoms with Crippen molar-refractivity contribution < 1.29 is 4.79 Å². The highest BCUT2D eigenvalue weighted by Crippen LogP contribution is 2.35. The predicted octanol–water partition coefficient (Wildman–Crippen LogP) is 5.42. The van der Waals surface area contributed by atoms with Gasteiger partial charge in [0.2, 0.25) is 0 Å². The minimum absolute atomic E-state index is 0.164. The molecule has 2 aliphatic heterocycles. The summed E-state index contributed by atoms with van der Waals surface area (Å²) in [7, 11) is 0. The van der Waals surface area contributed by atoms with Gasteiger partial charge in [-0.3, -0.25) is 4.79 Å². The number of carbonyl (C=O) groups is 1. The first-order chi connectivity index (χ1) is 15.8. The number of amides is 1. The largest absolute Gasteiger partial charge is 0.338 e. The van der Waals surface area contributed by atoms with Gasteiger partial charge in [0.15, 0.2) is 0 Å². The van der Waals surface area contributed by atoms with E-state index in [-0.39, 0.29) is 5.91 Å². The van der Waals surface area contributed by atoms with Crippen molar-refractivity contribution >= 4 is 5.91 Å². The second-order valence-corrected chi connectivity index (χ2v) is 9.34. The highest BCUT2D eigenvalue weighted by Gasteiger charge is 2.37. The van der Waals surface area contributed by atoms with Crippen LogP contribution in [-0.2, 0) is 0 Å². The number of piperidine rings is 1. The number of likely N-dealkylation sites (tertiary alicyclic amines) is 2. The average molecular weight is 425 g/mol. The van der Waals surface area contributed by atoms with E-state index in [1.54, 1.807) is 0 Å². The van der Waals surface area contributed by atoms with E-state index in [1.165, 1.54) is 24.0 Å². The molecule has 1 amide bonds. The lowest BCUT2D eigenvalue weighted by atomic mass is 9.86. The van der Waals surface area contributed by atoms with Gasteiger partial charge in [-0.25, -0.2) is 0 Å². The molecule has 0 bridgehead atoms. The molecule has 0 aliphatic carbocycles. The molecule has 3 heteroatoms. The van der Waals surface area contributed by atoms with Crippen LogP contribution in [0.2, 0.25) is 0 Å². The zero-order chi connectivity index (χ0) is 21.8. The Bertz CT molecular complexity index is 997. The van der Waals surface area contributed by atoms with Gasteiger partial charge in [-0.1, -0.05) is 78.9 Å². The third kappa shape index (κ3) is 4.63. The maximum atomic E-state index is 13.2. The summed E-state index contributed by atoms with van der Waals surface area (Å²) in [5.74, 6) is 1.71. The first kappa shape index (κ1) is 21.0. The summed E-state index contributed by atoms with van der Waals surface area (Å²) in [5, 5.41) is 0. The third-order valence-electron chi connectivity index (χ3n) is 7.33. The summed E-state index contributed by atoms with van der Waals surface area (Å²) in [6.45, 7) is 5.00. The molecular formula is C29H32N2O. The minimum Gasteiger partial charge on any atom is -0.338 e. The van der Waals surface area contributed by atoms with E-state index in [4.69, 9.17) is 0 Å². The lowest BCUT2D eigenvalue weighted by Crippen LogP contribution is -2.38. The van der Waals surface area contributed by atoms with Crippen LogP contribution in [0.4, 0.5) is 0 Å². The molecule has 0 spiro atoms. The SMILES string of the molecule is O=C(c1ccccc1)N1C[C@@H](CN2CCC(c3ccccc3)CC2)[C@@H](c2ccccc2)C1. The molecule has 0 aromatic heterocycles. The predicted molar refractivity (Wildman–Crippen MR) is 130 cm³/mol. The fourth-order valence-corrected chi connectivity index (χ4v) is 5.57. The Morgan fingerprint density at radius 1 is 0.719 bits per heavy atom. The maximum absolute atomic E-state index is 13.2. The number of hydrogen-bond donors (Lipinski definition) is 0. The molecule has 32 heavy (non-hydrogen) atoms. The monoisotopic (exact) mass is 424 g/mol. The molecule has 2 aliphatic rings. The molecule has 3 aromatic carbocycles. The van der Waals surface area contributed by atoms with Crippen LogP contribution in [0.3, 0.4) is 0 Å².